The number of hydrogen-bond acceptors (Lipinski definition) is 8. The first kappa shape index (κ1) is 30.2. The summed E-state index contributed by atoms with van der Waals surface area (Å²) < 4.78 is 39.3. The minimum atomic E-state index is -4.19. The lowest BCUT2D eigenvalue weighted by Crippen LogP contribution is -2.40. The van der Waals surface area contributed by atoms with Crippen molar-refractivity contribution in [3.8, 4) is 11.5 Å². The number of carbonyl (C=O) groups excluding carboxylic acids is 1. The van der Waals surface area contributed by atoms with Gasteiger partial charge in [-0.05, 0) is 56.2 Å². The number of carbonyl (C=O) groups is 1. The number of ether oxygens (including phenoxy) is 2. The summed E-state index contributed by atoms with van der Waals surface area (Å²) in [7, 11) is -4.19. The maximum absolute atomic E-state index is 13.5. The first-order valence-electron chi connectivity index (χ1n) is 13.2. The highest BCUT2D eigenvalue weighted by Crippen LogP contribution is 2.42. The lowest BCUT2D eigenvalue weighted by molar-refractivity contribution is -0.139. The molecular formula is C28H34ClN5O6S. The third-order valence-electron chi connectivity index (χ3n) is 7.05. The van der Waals surface area contributed by atoms with Crippen LogP contribution in [-0.4, -0.2) is 73.7 Å². The molecule has 4 rings (SSSR count). The first-order chi connectivity index (χ1) is 19.4. The summed E-state index contributed by atoms with van der Waals surface area (Å²) in [6.07, 6.45) is 4.78. The summed E-state index contributed by atoms with van der Waals surface area (Å²) in [5.41, 5.74) is 7.34. The summed E-state index contributed by atoms with van der Waals surface area (Å²) in [6.45, 7) is 4.80. The van der Waals surface area contributed by atoms with Gasteiger partial charge < -0.3 is 25.2 Å². The Morgan fingerprint density at radius 3 is 2.56 bits per heavy atom. The van der Waals surface area contributed by atoms with E-state index in [1.165, 1.54) is 24.3 Å². The molecule has 0 spiro atoms. The number of anilines is 1. The maximum atomic E-state index is 13.5. The number of rotatable bonds is 9. The minimum absolute atomic E-state index is 0.0465. The van der Waals surface area contributed by atoms with Crippen molar-refractivity contribution in [3.05, 3.63) is 58.1 Å². The Morgan fingerprint density at radius 2 is 1.93 bits per heavy atom. The van der Waals surface area contributed by atoms with Crippen molar-refractivity contribution in [2.75, 3.05) is 29.8 Å². The molecule has 1 unspecified atom stereocenters. The van der Waals surface area contributed by atoms with E-state index >= 15 is 0 Å². The van der Waals surface area contributed by atoms with Crippen molar-refractivity contribution in [1.82, 2.24) is 4.90 Å². The molecule has 2 aliphatic heterocycles. The zero-order valence-corrected chi connectivity index (χ0v) is 24.5. The second kappa shape index (κ2) is 12.4. The molecule has 0 radical (unpaired) electrons. The largest absolute Gasteiger partial charge is 0.507 e. The summed E-state index contributed by atoms with van der Waals surface area (Å²) in [6, 6.07) is 6.98. The van der Waals surface area contributed by atoms with Crippen molar-refractivity contribution in [2.45, 2.75) is 45.3 Å². The molecule has 11 nitrogen and oxygen atoms in total. The molecule has 5 N–H and O–H groups in total. The van der Waals surface area contributed by atoms with E-state index < -0.39 is 27.8 Å². The van der Waals surface area contributed by atoms with Crippen LogP contribution >= 0.6 is 11.6 Å². The van der Waals surface area contributed by atoms with Crippen molar-refractivity contribution in [2.24, 2.45) is 5.73 Å². The van der Waals surface area contributed by atoms with Gasteiger partial charge in [0.05, 0.1) is 29.2 Å². The second-order valence-corrected chi connectivity index (χ2v) is 12.2. The molecule has 0 aromatic heterocycles. The third-order valence-corrected chi connectivity index (χ3v) is 9.02. The highest BCUT2D eigenvalue weighted by atomic mass is 35.5. The number of benzene rings is 2. The predicted molar refractivity (Wildman–Crippen MR) is 159 cm³/mol. The smallest absolute Gasteiger partial charge is 0.323 e. The van der Waals surface area contributed by atoms with Crippen LogP contribution in [0.5, 0.6) is 11.5 Å². The van der Waals surface area contributed by atoms with E-state index in [0.717, 1.165) is 17.1 Å². The number of nitrogens with zero attached hydrogens (tertiary/aromatic N) is 2. The molecule has 2 aromatic rings. The van der Waals surface area contributed by atoms with Crippen LogP contribution in [0, 0.1) is 10.8 Å². The molecule has 1 saturated heterocycles. The number of piperidine rings is 1. The normalized spacial score (nSPS) is 17.5. The number of phenols is 1. The van der Waals surface area contributed by atoms with Gasteiger partial charge in [-0.1, -0.05) is 23.8 Å². The van der Waals surface area contributed by atoms with E-state index in [1.807, 2.05) is 4.90 Å². The molecule has 0 aliphatic carbocycles. The van der Waals surface area contributed by atoms with Crippen molar-refractivity contribution >= 4 is 51.0 Å². The van der Waals surface area contributed by atoms with Crippen LogP contribution in [0.15, 0.2) is 36.4 Å². The highest BCUT2D eigenvalue weighted by Gasteiger charge is 2.39. The summed E-state index contributed by atoms with van der Waals surface area (Å²) in [4.78, 5) is 14.2. The number of nitrogens with one attached hydrogen (secondary N) is 2. The van der Waals surface area contributed by atoms with E-state index in [2.05, 4.69) is 0 Å². The van der Waals surface area contributed by atoms with E-state index in [1.54, 1.807) is 32.1 Å². The lowest BCUT2D eigenvalue weighted by Gasteiger charge is -2.33. The van der Waals surface area contributed by atoms with Gasteiger partial charge in [0.1, 0.15) is 23.4 Å². The fraction of sp³-hybridized carbons (Fsp3) is 0.393. The molecule has 2 aromatic carbocycles. The van der Waals surface area contributed by atoms with E-state index in [9.17, 15) is 18.3 Å². The summed E-state index contributed by atoms with van der Waals surface area (Å²) in [5, 5.41) is 26.1. The molecule has 13 heteroatoms. The highest BCUT2D eigenvalue weighted by molar-refractivity contribution is 7.93. The number of hydrogen-bond donors (Lipinski definition) is 4. The number of likely N-dealkylation sites (tertiary alicyclic amines) is 1. The Balaban J connectivity index is 1.65. The van der Waals surface area contributed by atoms with Gasteiger partial charge >= 0.3 is 5.97 Å². The van der Waals surface area contributed by atoms with Crippen molar-refractivity contribution < 1.29 is 27.8 Å². The number of aromatic hydroxyl groups is 1. The van der Waals surface area contributed by atoms with Crippen LogP contribution in [-0.2, 0) is 26.0 Å². The van der Waals surface area contributed by atoms with Gasteiger partial charge in [-0.2, -0.15) is 0 Å². The molecular weight excluding hydrogens is 570 g/mol. The molecule has 41 heavy (non-hydrogen) atoms. The number of nitrogen functional groups attached to an aromatic ring is 1. The van der Waals surface area contributed by atoms with Crippen LogP contribution in [0.4, 0.5) is 5.69 Å². The Hall–Kier alpha value is -3.77. The van der Waals surface area contributed by atoms with Crippen LogP contribution in [0.3, 0.4) is 0 Å². The minimum Gasteiger partial charge on any atom is -0.507 e. The average molecular weight is 604 g/mol. The first-order valence-corrected chi connectivity index (χ1v) is 15.2. The van der Waals surface area contributed by atoms with Crippen molar-refractivity contribution in [1.29, 1.82) is 10.8 Å². The van der Waals surface area contributed by atoms with E-state index in [4.69, 9.17) is 37.6 Å². The Kier molecular flexibility index (Phi) is 9.13. The number of amidine groups is 2. The number of fused-ring (bicyclic) bond motifs is 1. The SMILES string of the molecule is CCOC(=O)CS(=O)(=O)N1c2cc(Cl)c(OC3CCN(C(C)=N)CC3)cc2CC1/C=C/c1cc(C(=N)N)ccc1O. The van der Waals surface area contributed by atoms with Gasteiger partial charge in [0.15, 0.2) is 5.75 Å². The van der Waals surface area contributed by atoms with Gasteiger partial charge in [0.2, 0.25) is 10.0 Å². The quantitative estimate of drug-likeness (QED) is 0.192. The molecule has 220 valence electrons. The van der Waals surface area contributed by atoms with Crippen LogP contribution < -0.4 is 14.8 Å². The molecule has 0 amide bonds. The van der Waals surface area contributed by atoms with E-state index in [0.29, 0.717) is 47.1 Å². The number of esters is 1. The Labute approximate surface area is 244 Å². The topological polar surface area (TPSA) is 170 Å². The number of halogens is 1. The average Bonchev–Trinajstić information content (AvgIpc) is 3.26. The predicted octanol–water partition coefficient (Wildman–Crippen LogP) is 3.51. The maximum Gasteiger partial charge on any atom is 0.323 e. The molecule has 0 saturated carbocycles. The summed E-state index contributed by atoms with van der Waals surface area (Å²) >= 11 is 6.60. The van der Waals surface area contributed by atoms with Crippen LogP contribution in [0.1, 0.15) is 43.4 Å². The molecule has 2 heterocycles. The van der Waals surface area contributed by atoms with Crippen LogP contribution in [0.2, 0.25) is 5.02 Å². The zero-order valence-electron chi connectivity index (χ0n) is 22.9. The van der Waals surface area contributed by atoms with Gasteiger partial charge in [-0.15, -0.1) is 0 Å². The molecule has 1 atom stereocenters. The van der Waals surface area contributed by atoms with Gasteiger partial charge in [-0.25, -0.2) is 8.42 Å². The fourth-order valence-electron chi connectivity index (χ4n) is 5.01. The fourth-order valence-corrected chi connectivity index (χ4v) is 6.76. The monoisotopic (exact) mass is 603 g/mol. The van der Waals surface area contributed by atoms with Gasteiger partial charge in [0.25, 0.3) is 0 Å². The summed E-state index contributed by atoms with van der Waals surface area (Å²) in [5.74, 6) is -0.999. The molecule has 2 aliphatic rings. The Morgan fingerprint density at radius 1 is 1.22 bits per heavy atom. The number of nitrogens with two attached hydrogens (primary N) is 1. The number of sulfonamides is 1. The second-order valence-electron chi connectivity index (χ2n) is 9.98. The third kappa shape index (κ3) is 6.94. The van der Waals surface area contributed by atoms with Crippen LogP contribution in [0.25, 0.3) is 6.08 Å². The number of phenolic OH excluding ortho intramolecular Hbond substituents is 1. The van der Waals surface area contributed by atoms with Crippen molar-refractivity contribution in [3.63, 3.8) is 0 Å². The zero-order chi connectivity index (χ0) is 29.9. The molecule has 1 fully saturated rings. The Bertz CT molecular complexity index is 1490. The standard InChI is InChI=1S/C28H34ClN5O6S/c1-3-39-27(36)16-41(37,38)34-21(6-4-18-12-19(28(31)32)5-7-25(18)35)13-20-14-26(23(29)15-24(20)34)40-22-8-10-33(11-9-22)17(2)30/h4-7,12,14-15,21-22,30,35H,3,8-11,13,16H2,1-2H3,(H3,31,32)/b6-4+,30-17?. The van der Waals surface area contributed by atoms with Gasteiger partial charge in [0, 0.05) is 37.1 Å². The van der Waals surface area contributed by atoms with E-state index in [-0.39, 0.29) is 35.7 Å². The lowest BCUT2D eigenvalue weighted by atomic mass is 10.1. The molecule has 0 bridgehead atoms. The van der Waals surface area contributed by atoms with Gasteiger partial charge in [-0.3, -0.25) is 19.9 Å².